The van der Waals surface area contributed by atoms with Crippen LogP contribution in [0.2, 0.25) is 0 Å². The third-order valence-corrected chi connectivity index (χ3v) is 2.75. The zero-order chi connectivity index (χ0) is 14.5. The molecule has 104 valence electrons. The first kappa shape index (κ1) is 13.8. The molecule has 0 aliphatic rings. The van der Waals surface area contributed by atoms with Gasteiger partial charge in [-0.15, -0.1) is 0 Å². The highest BCUT2D eigenvalue weighted by Crippen LogP contribution is 2.18. The van der Waals surface area contributed by atoms with Gasteiger partial charge in [-0.1, -0.05) is 12.1 Å². The number of hydrogen-bond acceptors (Lipinski definition) is 4. The number of carbonyl (C=O) groups is 1. The Hall–Kier alpha value is -2.63. The van der Waals surface area contributed by atoms with Gasteiger partial charge in [0.1, 0.15) is 12.4 Å². The quantitative estimate of drug-likeness (QED) is 0.818. The molecule has 1 aromatic heterocycles. The monoisotopic (exact) mass is 274 g/mol. The topological polar surface area (TPSA) is 81.2 Å². The Morgan fingerprint density at radius 3 is 2.70 bits per heavy atom. The van der Waals surface area contributed by atoms with E-state index < -0.39 is 11.2 Å². The van der Waals surface area contributed by atoms with Gasteiger partial charge >= 0.3 is 5.69 Å². The fourth-order valence-electron chi connectivity index (χ4n) is 1.76. The van der Waals surface area contributed by atoms with Crippen LogP contribution in [0.25, 0.3) is 0 Å². The molecule has 0 saturated heterocycles. The Morgan fingerprint density at radius 2 is 2.00 bits per heavy atom. The highest BCUT2D eigenvalue weighted by atomic mass is 16.5. The molecule has 0 bridgehead atoms. The number of benzene rings is 1. The molecule has 1 heterocycles. The van der Waals surface area contributed by atoms with E-state index in [1.54, 1.807) is 24.3 Å². The third kappa shape index (κ3) is 3.23. The normalized spacial score (nSPS) is 10.2. The van der Waals surface area contributed by atoms with E-state index >= 15 is 0 Å². The van der Waals surface area contributed by atoms with Gasteiger partial charge in [0.25, 0.3) is 5.56 Å². The van der Waals surface area contributed by atoms with Crippen molar-refractivity contribution in [1.82, 2.24) is 9.55 Å². The van der Waals surface area contributed by atoms with Gasteiger partial charge in [0, 0.05) is 12.3 Å². The van der Waals surface area contributed by atoms with Gasteiger partial charge in [-0.2, -0.15) is 0 Å². The average Bonchev–Trinajstić information content (AvgIpc) is 2.41. The molecular weight excluding hydrogens is 260 g/mol. The molecule has 0 atom stereocenters. The predicted octanol–water partition coefficient (Wildman–Crippen LogP) is 0.818. The van der Waals surface area contributed by atoms with E-state index in [-0.39, 0.29) is 18.9 Å². The van der Waals surface area contributed by atoms with Crippen molar-refractivity contribution in [3.8, 4) is 5.75 Å². The van der Waals surface area contributed by atoms with Crippen LogP contribution in [0.3, 0.4) is 0 Å². The second-order valence-corrected chi connectivity index (χ2v) is 4.20. The summed E-state index contributed by atoms with van der Waals surface area (Å²) in [5.41, 5.74) is -0.420. The summed E-state index contributed by atoms with van der Waals surface area (Å²) < 4.78 is 6.85. The SMILES string of the molecule is CC(=O)c1ccccc1OCCn1ccc(=O)[nH]c1=O. The van der Waals surface area contributed by atoms with Crippen LogP contribution < -0.4 is 16.0 Å². The summed E-state index contributed by atoms with van der Waals surface area (Å²) in [7, 11) is 0. The summed E-state index contributed by atoms with van der Waals surface area (Å²) in [5.74, 6) is 0.402. The molecule has 6 nitrogen and oxygen atoms in total. The molecule has 0 aliphatic carbocycles. The van der Waals surface area contributed by atoms with E-state index in [4.69, 9.17) is 4.74 Å². The number of Topliss-reactive ketones (excluding diaryl/α,β-unsaturated/α-hetero) is 1. The Morgan fingerprint density at radius 1 is 1.25 bits per heavy atom. The standard InChI is InChI=1S/C14H14N2O4/c1-10(17)11-4-2-3-5-12(11)20-9-8-16-7-6-13(18)15-14(16)19/h2-7H,8-9H2,1H3,(H,15,18,19). The number of nitrogens with zero attached hydrogens (tertiary/aromatic N) is 1. The van der Waals surface area contributed by atoms with Crippen LogP contribution >= 0.6 is 0 Å². The lowest BCUT2D eigenvalue weighted by molar-refractivity contribution is 0.101. The first-order valence-electron chi connectivity index (χ1n) is 6.10. The Bertz CT molecular complexity index is 730. The molecule has 0 fully saturated rings. The van der Waals surface area contributed by atoms with Gasteiger partial charge in [-0.3, -0.25) is 19.1 Å². The molecule has 2 rings (SSSR count). The molecule has 0 saturated carbocycles. The number of nitrogens with one attached hydrogen (secondary N) is 1. The lowest BCUT2D eigenvalue weighted by atomic mass is 10.1. The summed E-state index contributed by atoms with van der Waals surface area (Å²) in [6.07, 6.45) is 1.40. The zero-order valence-electron chi connectivity index (χ0n) is 11.0. The number of rotatable bonds is 5. The molecule has 0 aliphatic heterocycles. The van der Waals surface area contributed by atoms with Crippen LogP contribution in [-0.2, 0) is 6.54 Å². The summed E-state index contributed by atoms with van der Waals surface area (Å²) >= 11 is 0. The number of aromatic nitrogens is 2. The lowest BCUT2D eigenvalue weighted by Gasteiger charge is -2.10. The molecule has 0 unspecified atom stereocenters. The molecule has 2 aromatic rings. The Balaban J connectivity index is 2.05. The maximum Gasteiger partial charge on any atom is 0.328 e. The first-order valence-corrected chi connectivity index (χ1v) is 6.10. The van der Waals surface area contributed by atoms with Gasteiger partial charge in [0.2, 0.25) is 0 Å². The molecule has 0 radical (unpaired) electrons. The van der Waals surface area contributed by atoms with E-state index in [1.807, 2.05) is 0 Å². The van der Waals surface area contributed by atoms with E-state index in [0.29, 0.717) is 11.3 Å². The van der Waals surface area contributed by atoms with Gasteiger partial charge in [0.05, 0.1) is 12.1 Å². The van der Waals surface area contributed by atoms with Gasteiger partial charge in [0.15, 0.2) is 5.78 Å². The number of para-hydroxylation sites is 1. The van der Waals surface area contributed by atoms with Crippen LogP contribution in [0.1, 0.15) is 17.3 Å². The number of ether oxygens (including phenoxy) is 1. The molecule has 1 aromatic carbocycles. The molecule has 6 heteroatoms. The second kappa shape index (κ2) is 6.01. The lowest BCUT2D eigenvalue weighted by Crippen LogP contribution is -2.30. The minimum Gasteiger partial charge on any atom is -0.491 e. The summed E-state index contributed by atoms with van der Waals surface area (Å²) in [6, 6.07) is 8.19. The van der Waals surface area contributed by atoms with Crippen molar-refractivity contribution in [2.75, 3.05) is 6.61 Å². The maximum atomic E-state index is 11.5. The minimum atomic E-state index is -0.485. The average molecular weight is 274 g/mol. The van der Waals surface area contributed by atoms with Crippen LogP contribution in [0.4, 0.5) is 0 Å². The highest BCUT2D eigenvalue weighted by molar-refractivity contribution is 5.96. The van der Waals surface area contributed by atoms with Crippen molar-refractivity contribution in [3.05, 3.63) is 62.9 Å². The Labute approximate surface area is 114 Å². The molecule has 1 N–H and O–H groups in total. The molecule has 0 spiro atoms. The van der Waals surface area contributed by atoms with Crippen LogP contribution in [-0.4, -0.2) is 21.9 Å². The van der Waals surface area contributed by atoms with Crippen LogP contribution in [0.5, 0.6) is 5.75 Å². The second-order valence-electron chi connectivity index (χ2n) is 4.20. The van der Waals surface area contributed by atoms with Gasteiger partial charge in [-0.05, 0) is 19.1 Å². The third-order valence-electron chi connectivity index (χ3n) is 2.75. The Kier molecular flexibility index (Phi) is 4.14. The summed E-state index contributed by atoms with van der Waals surface area (Å²) in [5, 5.41) is 0. The van der Waals surface area contributed by atoms with Crippen molar-refractivity contribution in [2.24, 2.45) is 0 Å². The maximum absolute atomic E-state index is 11.5. The molecule has 20 heavy (non-hydrogen) atoms. The fraction of sp³-hybridized carbons (Fsp3) is 0.214. The van der Waals surface area contributed by atoms with E-state index in [2.05, 4.69) is 4.98 Å². The number of hydrogen-bond donors (Lipinski definition) is 1. The van der Waals surface area contributed by atoms with E-state index in [9.17, 15) is 14.4 Å². The van der Waals surface area contributed by atoms with Crippen molar-refractivity contribution in [1.29, 1.82) is 0 Å². The van der Waals surface area contributed by atoms with Gasteiger partial charge in [-0.25, -0.2) is 4.79 Å². The summed E-state index contributed by atoms with van der Waals surface area (Å²) in [4.78, 5) is 36.0. The molecular formula is C14H14N2O4. The van der Waals surface area contributed by atoms with Crippen molar-refractivity contribution >= 4 is 5.78 Å². The van der Waals surface area contributed by atoms with Crippen molar-refractivity contribution < 1.29 is 9.53 Å². The highest BCUT2D eigenvalue weighted by Gasteiger charge is 2.07. The zero-order valence-corrected chi connectivity index (χ0v) is 11.0. The van der Waals surface area contributed by atoms with Crippen LogP contribution in [0, 0.1) is 0 Å². The smallest absolute Gasteiger partial charge is 0.328 e. The van der Waals surface area contributed by atoms with E-state index in [0.717, 1.165) is 0 Å². The summed E-state index contributed by atoms with van der Waals surface area (Å²) in [6.45, 7) is 1.97. The number of H-pyrrole nitrogens is 1. The fourth-order valence-corrected chi connectivity index (χ4v) is 1.76. The van der Waals surface area contributed by atoms with Gasteiger partial charge < -0.3 is 4.74 Å². The minimum absolute atomic E-state index is 0.0817. The first-order chi connectivity index (χ1) is 9.58. The number of carbonyl (C=O) groups excluding carboxylic acids is 1. The van der Waals surface area contributed by atoms with Crippen molar-refractivity contribution in [2.45, 2.75) is 13.5 Å². The largest absolute Gasteiger partial charge is 0.491 e. The van der Waals surface area contributed by atoms with E-state index in [1.165, 1.54) is 23.8 Å². The molecule has 0 amide bonds. The predicted molar refractivity (Wildman–Crippen MR) is 73.3 cm³/mol. The number of aromatic amines is 1. The van der Waals surface area contributed by atoms with Crippen molar-refractivity contribution in [3.63, 3.8) is 0 Å². The number of ketones is 1. The van der Waals surface area contributed by atoms with Crippen LogP contribution in [0.15, 0.2) is 46.1 Å².